The van der Waals surface area contributed by atoms with Crippen molar-refractivity contribution in [2.45, 2.75) is 51.9 Å². The second kappa shape index (κ2) is 13.2. The molecule has 2 aliphatic rings. The van der Waals surface area contributed by atoms with Crippen LogP contribution in [0.2, 0.25) is 0 Å². The standard InChI is InChI=1S/C18H35N3O.2ClH/c1-3-4-11-20(2)15-17-8-12-21(13-9-17)18(22)6-5-16-7-10-19-14-16;;/h16-17,19H,3-15H2,1-2H3;2*1H. The number of hydrogen-bond donors (Lipinski definition) is 1. The molecule has 1 unspecified atom stereocenters. The molecule has 1 amide bonds. The lowest BCUT2D eigenvalue weighted by Crippen LogP contribution is -2.41. The fourth-order valence-corrected chi connectivity index (χ4v) is 3.77. The molecule has 0 aromatic heterocycles. The smallest absolute Gasteiger partial charge is 0.222 e. The molecule has 0 aliphatic carbocycles. The van der Waals surface area contributed by atoms with Gasteiger partial charge in [-0.15, -0.1) is 24.8 Å². The number of amides is 1. The summed E-state index contributed by atoms with van der Waals surface area (Å²) in [6.07, 6.45) is 8.02. The Kier molecular flexibility index (Phi) is 13.2. The molecule has 0 spiro atoms. The van der Waals surface area contributed by atoms with E-state index in [-0.39, 0.29) is 24.8 Å². The van der Waals surface area contributed by atoms with Crippen molar-refractivity contribution in [1.82, 2.24) is 15.1 Å². The second-order valence-corrected chi connectivity index (χ2v) is 7.34. The molecule has 2 fully saturated rings. The van der Waals surface area contributed by atoms with Crippen LogP contribution in [0.3, 0.4) is 0 Å². The van der Waals surface area contributed by atoms with E-state index in [4.69, 9.17) is 0 Å². The van der Waals surface area contributed by atoms with Gasteiger partial charge < -0.3 is 15.1 Å². The molecule has 0 aromatic rings. The SMILES string of the molecule is CCCCN(C)CC1CCN(C(=O)CCC2CCNC2)CC1.Cl.Cl. The van der Waals surface area contributed by atoms with E-state index in [1.54, 1.807) is 0 Å². The van der Waals surface area contributed by atoms with Crippen molar-refractivity contribution in [2.24, 2.45) is 11.8 Å². The normalized spacial score (nSPS) is 21.5. The fourth-order valence-electron chi connectivity index (χ4n) is 3.77. The second-order valence-electron chi connectivity index (χ2n) is 7.34. The average Bonchev–Trinajstić information content (AvgIpc) is 3.05. The van der Waals surface area contributed by atoms with Gasteiger partial charge in [0.25, 0.3) is 0 Å². The van der Waals surface area contributed by atoms with Crippen LogP contribution in [0.15, 0.2) is 0 Å². The summed E-state index contributed by atoms with van der Waals surface area (Å²) in [6, 6.07) is 0. The first-order valence-corrected chi connectivity index (χ1v) is 9.36. The van der Waals surface area contributed by atoms with Crippen LogP contribution in [0.1, 0.15) is 51.9 Å². The maximum absolute atomic E-state index is 12.3. The largest absolute Gasteiger partial charge is 0.343 e. The van der Waals surface area contributed by atoms with Crippen molar-refractivity contribution in [3.8, 4) is 0 Å². The van der Waals surface area contributed by atoms with Crippen molar-refractivity contribution in [3.05, 3.63) is 0 Å². The van der Waals surface area contributed by atoms with Crippen molar-refractivity contribution >= 4 is 30.7 Å². The maximum Gasteiger partial charge on any atom is 0.222 e. The van der Waals surface area contributed by atoms with Gasteiger partial charge in [0.05, 0.1) is 0 Å². The molecule has 2 heterocycles. The third-order valence-corrected chi connectivity index (χ3v) is 5.36. The summed E-state index contributed by atoms with van der Waals surface area (Å²) >= 11 is 0. The number of piperidine rings is 1. The first-order valence-electron chi connectivity index (χ1n) is 9.36. The number of likely N-dealkylation sites (tertiary alicyclic amines) is 1. The molecule has 144 valence electrons. The lowest BCUT2D eigenvalue weighted by Gasteiger charge is -2.34. The Labute approximate surface area is 160 Å². The van der Waals surface area contributed by atoms with E-state index in [2.05, 4.69) is 29.1 Å². The van der Waals surface area contributed by atoms with E-state index in [0.717, 1.165) is 50.9 Å². The lowest BCUT2D eigenvalue weighted by atomic mass is 9.95. The fraction of sp³-hybridized carbons (Fsp3) is 0.944. The summed E-state index contributed by atoms with van der Waals surface area (Å²) < 4.78 is 0. The topological polar surface area (TPSA) is 35.6 Å². The zero-order valence-electron chi connectivity index (χ0n) is 15.5. The molecular formula is C18H37Cl2N3O. The molecule has 0 radical (unpaired) electrons. The minimum atomic E-state index is 0. The summed E-state index contributed by atoms with van der Waals surface area (Å²) in [4.78, 5) is 16.9. The van der Waals surface area contributed by atoms with Gasteiger partial charge in [-0.1, -0.05) is 13.3 Å². The quantitative estimate of drug-likeness (QED) is 0.700. The zero-order chi connectivity index (χ0) is 15.8. The Hall–Kier alpha value is -0.0300. The monoisotopic (exact) mass is 381 g/mol. The van der Waals surface area contributed by atoms with Crippen molar-refractivity contribution in [3.63, 3.8) is 0 Å². The van der Waals surface area contributed by atoms with Crippen LogP contribution in [-0.4, -0.2) is 62.0 Å². The van der Waals surface area contributed by atoms with Crippen LogP contribution < -0.4 is 5.32 Å². The van der Waals surface area contributed by atoms with Gasteiger partial charge in [-0.2, -0.15) is 0 Å². The van der Waals surface area contributed by atoms with Gasteiger partial charge in [-0.3, -0.25) is 4.79 Å². The van der Waals surface area contributed by atoms with E-state index in [1.807, 2.05) is 0 Å². The predicted molar refractivity (Wildman–Crippen MR) is 106 cm³/mol. The lowest BCUT2D eigenvalue weighted by molar-refractivity contribution is -0.132. The Bertz CT molecular complexity index is 330. The molecule has 0 bridgehead atoms. The number of nitrogens with zero attached hydrogens (tertiary/aromatic N) is 2. The van der Waals surface area contributed by atoms with Gasteiger partial charge in [0, 0.05) is 26.1 Å². The third kappa shape index (κ3) is 8.37. The zero-order valence-corrected chi connectivity index (χ0v) is 17.1. The number of carbonyl (C=O) groups excluding carboxylic acids is 1. The van der Waals surface area contributed by atoms with Gasteiger partial charge in [0.15, 0.2) is 0 Å². The molecule has 2 saturated heterocycles. The highest BCUT2D eigenvalue weighted by atomic mass is 35.5. The molecule has 2 rings (SSSR count). The van der Waals surface area contributed by atoms with E-state index in [9.17, 15) is 4.79 Å². The summed E-state index contributed by atoms with van der Waals surface area (Å²) in [5.74, 6) is 1.91. The number of unbranched alkanes of at least 4 members (excludes halogenated alkanes) is 1. The Morgan fingerprint density at radius 3 is 2.46 bits per heavy atom. The van der Waals surface area contributed by atoms with E-state index in [1.165, 1.54) is 45.2 Å². The molecular weight excluding hydrogens is 345 g/mol. The maximum atomic E-state index is 12.3. The molecule has 0 saturated carbocycles. The van der Waals surface area contributed by atoms with Gasteiger partial charge in [-0.05, 0) is 70.6 Å². The van der Waals surface area contributed by atoms with Crippen LogP contribution in [0.25, 0.3) is 0 Å². The van der Waals surface area contributed by atoms with Crippen LogP contribution >= 0.6 is 24.8 Å². The van der Waals surface area contributed by atoms with Gasteiger partial charge in [0.2, 0.25) is 5.91 Å². The molecule has 1 atom stereocenters. The molecule has 2 aliphatic heterocycles. The summed E-state index contributed by atoms with van der Waals surface area (Å²) in [5.41, 5.74) is 0. The number of halogens is 2. The van der Waals surface area contributed by atoms with Gasteiger partial charge >= 0.3 is 0 Å². The molecule has 24 heavy (non-hydrogen) atoms. The van der Waals surface area contributed by atoms with E-state index in [0.29, 0.717) is 5.91 Å². The Balaban J connectivity index is 0.00000264. The summed E-state index contributed by atoms with van der Waals surface area (Å²) in [5, 5.41) is 3.38. The van der Waals surface area contributed by atoms with Crippen molar-refractivity contribution < 1.29 is 4.79 Å². The van der Waals surface area contributed by atoms with Crippen LogP contribution in [0.5, 0.6) is 0 Å². The van der Waals surface area contributed by atoms with Gasteiger partial charge in [-0.25, -0.2) is 0 Å². The van der Waals surface area contributed by atoms with E-state index >= 15 is 0 Å². The Morgan fingerprint density at radius 2 is 1.88 bits per heavy atom. The van der Waals surface area contributed by atoms with Crippen LogP contribution in [0, 0.1) is 11.8 Å². The highest BCUT2D eigenvalue weighted by molar-refractivity contribution is 5.85. The molecule has 6 heteroatoms. The number of hydrogen-bond acceptors (Lipinski definition) is 3. The number of carbonyl (C=O) groups is 1. The highest BCUT2D eigenvalue weighted by Crippen LogP contribution is 2.21. The Morgan fingerprint density at radius 1 is 1.17 bits per heavy atom. The molecule has 0 aromatic carbocycles. The first kappa shape index (κ1) is 24.0. The first-order chi connectivity index (χ1) is 10.7. The number of rotatable bonds is 8. The third-order valence-electron chi connectivity index (χ3n) is 5.36. The van der Waals surface area contributed by atoms with Crippen molar-refractivity contribution in [1.29, 1.82) is 0 Å². The highest BCUT2D eigenvalue weighted by Gasteiger charge is 2.24. The van der Waals surface area contributed by atoms with Crippen LogP contribution in [-0.2, 0) is 4.79 Å². The van der Waals surface area contributed by atoms with Crippen molar-refractivity contribution in [2.75, 3.05) is 46.3 Å². The molecule has 4 nitrogen and oxygen atoms in total. The van der Waals surface area contributed by atoms with Gasteiger partial charge in [0.1, 0.15) is 0 Å². The minimum absolute atomic E-state index is 0. The average molecular weight is 382 g/mol. The minimum Gasteiger partial charge on any atom is -0.343 e. The van der Waals surface area contributed by atoms with Crippen LogP contribution in [0.4, 0.5) is 0 Å². The molecule has 1 N–H and O–H groups in total. The number of nitrogens with one attached hydrogen (secondary N) is 1. The summed E-state index contributed by atoms with van der Waals surface area (Å²) in [6.45, 7) is 8.87. The van der Waals surface area contributed by atoms with E-state index < -0.39 is 0 Å². The summed E-state index contributed by atoms with van der Waals surface area (Å²) in [7, 11) is 2.24. The predicted octanol–water partition coefficient (Wildman–Crippen LogP) is 3.19.